The first-order valence-corrected chi connectivity index (χ1v) is 2.81. The molecule has 0 radical (unpaired) electrons. The lowest BCUT2D eigenvalue weighted by Crippen LogP contribution is -2.14. The van der Waals surface area contributed by atoms with E-state index >= 15 is 0 Å². The van der Waals surface area contributed by atoms with Crippen LogP contribution < -0.4 is 5.73 Å². The van der Waals surface area contributed by atoms with E-state index in [1.165, 1.54) is 0 Å². The first-order chi connectivity index (χ1) is 3.83. The Morgan fingerprint density at radius 3 is 2.88 bits per heavy atom. The average molecular weight is 113 g/mol. The Bertz CT molecular complexity index is 109. The van der Waals surface area contributed by atoms with Crippen LogP contribution in [0.1, 0.15) is 12.8 Å². The maximum atomic E-state index is 5.57. The van der Waals surface area contributed by atoms with Gasteiger partial charge in [0, 0.05) is 12.5 Å². The molecule has 2 heteroatoms. The first-order valence-electron chi connectivity index (χ1n) is 2.81. The van der Waals surface area contributed by atoms with Gasteiger partial charge in [0.15, 0.2) is 0 Å². The summed E-state index contributed by atoms with van der Waals surface area (Å²) in [6, 6.07) is 0.310. The van der Waals surface area contributed by atoms with Crippen molar-refractivity contribution in [1.29, 1.82) is 0 Å². The monoisotopic (exact) mass is 113 g/mol. The van der Waals surface area contributed by atoms with Gasteiger partial charge in [0.1, 0.15) is 0 Å². The van der Waals surface area contributed by atoms with Crippen molar-refractivity contribution < 1.29 is 4.74 Å². The van der Waals surface area contributed by atoms with Crippen molar-refractivity contribution in [3.8, 4) is 0 Å². The van der Waals surface area contributed by atoms with Gasteiger partial charge in [0.25, 0.3) is 0 Å². The normalized spacial score (nSPS) is 27.8. The second kappa shape index (κ2) is 2.18. The van der Waals surface area contributed by atoms with E-state index in [4.69, 9.17) is 10.5 Å². The van der Waals surface area contributed by atoms with Gasteiger partial charge in [-0.3, -0.25) is 0 Å². The Kier molecular flexibility index (Phi) is 1.53. The summed E-state index contributed by atoms with van der Waals surface area (Å²) in [5.74, 6) is 1.04. The maximum absolute atomic E-state index is 5.57. The summed E-state index contributed by atoms with van der Waals surface area (Å²) in [5.41, 5.74) is 5.57. The summed E-state index contributed by atoms with van der Waals surface area (Å²) in [4.78, 5) is 0. The van der Waals surface area contributed by atoms with Crippen LogP contribution in [0, 0.1) is 0 Å². The Labute approximate surface area is 49.3 Å². The van der Waals surface area contributed by atoms with Gasteiger partial charge in [-0.05, 0) is 12.5 Å². The molecule has 2 nitrogen and oxygen atoms in total. The molecule has 1 aliphatic carbocycles. The van der Waals surface area contributed by atoms with Gasteiger partial charge in [-0.25, -0.2) is 0 Å². The van der Waals surface area contributed by atoms with E-state index in [0.717, 1.165) is 18.6 Å². The highest BCUT2D eigenvalue weighted by Gasteiger charge is 2.11. The summed E-state index contributed by atoms with van der Waals surface area (Å²) in [6.07, 6.45) is 3.93. The lowest BCUT2D eigenvalue weighted by atomic mass is 10.2. The van der Waals surface area contributed by atoms with Gasteiger partial charge in [-0.2, -0.15) is 0 Å². The van der Waals surface area contributed by atoms with Crippen LogP contribution in [-0.4, -0.2) is 13.2 Å². The average Bonchev–Trinajstić information content (AvgIpc) is 2.14. The number of nitrogens with two attached hydrogens (primary N) is 1. The molecule has 0 spiro atoms. The van der Waals surface area contributed by atoms with Crippen LogP contribution in [0.5, 0.6) is 0 Å². The van der Waals surface area contributed by atoms with Crippen LogP contribution in [-0.2, 0) is 4.74 Å². The highest BCUT2D eigenvalue weighted by Crippen LogP contribution is 2.16. The molecule has 1 atom stereocenters. The lowest BCUT2D eigenvalue weighted by molar-refractivity contribution is 0.280. The quantitative estimate of drug-likeness (QED) is 0.541. The van der Waals surface area contributed by atoms with E-state index in [1.54, 1.807) is 7.11 Å². The fraction of sp³-hybridized carbons (Fsp3) is 0.667. The molecule has 0 heterocycles. The van der Waals surface area contributed by atoms with Crippen molar-refractivity contribution in [3.05, 3.63) is 11.8 Å². The molecule has 0 bridgehead atoms. The number of methoxy groups -OCH3 is 1. The minimum atomic E-state index is 0.310. The van der Waals surface area contributed by atoms with E-state index < -0.39 is 0 Å². The number of rotatable bonds is 1. The Balaban J connectivity index is 2.37. The van der Waals surface area contributed by atoms with E-state index in [9.17, 15) is 0 Å². The number of ether oxygens (including phenoxy) is 1. The molecule has 46 valence electrons. The Morgan fingerprint density at radius 2 is 2.62 bits per heavy atom. The minimum Gasteiger partial charge on any atom is -0.501 e. The molecule has 0 amide bonds. The standard InChI is InChI=1S/C6H11NO/c1-8-6-3-2-5(7)4-6/h3,5H,2,4,7H2,1H3/t5-/m1/s1. The summed E-state index contributed by atoms with van der Waals surface area (Å²) in [7, 11) is 1.68. The third-order valence-electron chi connectivity index (χ3n) is 1.37. The predicted molar refractivity (Wildman–Crippen MR) is 32.3 cm³/mol. The largest absolute Gasteiger partial charge is 0.501 e. The third kappa shape index (κ3) is 1.01. The molecule has 0 fully saturated rings. The smallest absolute Gasteiger partial charge is 0.0931 e. The SMILES string of the molecule is COC1=CC[C@@H](N)C1. The highest BCUT2D eigenvalue weighted by molar-refractivity contribution is 5.04. The first kappa shape index (κ1) is 5.63. The molecule has 0 saturated carbocycles. The maximum Gasteiger partial charge on any atom is 0.0931 e. The van der Waals surface area contributed by atoms with Gasteiger partial charge in [-0.1, -0.05) is 0 Å². The third-order valence-corrected chi connectivity index (χ3v) is 1.37. The van der Waals surface area contributed by atoms with Crippen molar-refractivity contribution in [3.63, 3.8) is 0 Å². The van der Waals surface area contributed by atoms with Gasteiger partial charge >= 0.3 is 0 Å². The fourth-order valence-electron chi connectivity index (χ4n) is 0.875. The van der Waals surface area contributed by atoms with Gasteiger partial charge in [0.05, 0.1) is 12.9 Å². The lowest BCUT2D eigenvalue weighted by Gasteiger charge is -2.00. The summed E-state index contributed by atoms with van der Waals surface area (Å²) < 4.78 is 4.96. The zero-order chi connectivity index (χ0) is 5.98. The predicted octanol–water partition coefficient (Wildman–Crippen LogP) is 0.638. The van der Waals surface area contributed by atoms with Crippen molar-refractivity contribution in [1.82, 2.24) is 0 Å². The zero-order valence-electron chi connectivity index (χ0n) is 5.05. The van der Waals surface area contributed by atoms with Crippen LogP contribution in [0.4, 0.5) is 0 Å². The van der Waals surface area contributed by atoms with Crippen LogP contribution in [0.15, 0.2) is 11.8 Å². The molecule has 0 aromatic rings. The second-order valence-corrected chi connectivity index (χ2v) is 2.07. The van der Waals surface area contributed by atoms with E-state index in [0.29, 0.717) is 6.04 Å². The Hall–Kier alpha value is -0.500. The molecule has 8 heavy (non-hydrogen) atoms. The number of hydrogen-bond donors (Lipinski definition) is 1. The van der Waals surface area contributed by atoms with Crippen LogP contribution in [0.2, 0.25) is 0 Å². The summed E-state index contributed by atoms with van der Waals surface area (Å²) in [6.45, 7) is 0. The molecule has 0 saturated heterocycles. The van der Waals surface area contributed by atoms with Gasteiger partial charge in [-0.15, -0.1) is 0 Å². The molecular weight excluding hydrogens is 102 g/mol. The van der Waals surface area contributed by atoms with E-state index in [2.05, 4.69) is 0 Å². The Morgan fingerprint density at radius 1 is 1.88 bits per heavy atom. The molecule has 1 rings (SSSR count). The van der Waals surface area contributed by atoms with Crippen molar-refractivity contribution in [2.75, 3.05) is 7.11 Å². The van der Waals surface area contributed by atoms with Crippen molar-refractivity contribution in [2.24, 2.45) is 5.73 Å². The molecule has 0 aromatic carbocycles. The van der Waals surface area contributed by atoms with Crippen molar-refractivity contribution >= 4 is 0 Å². The van der Waals surface area contributed by atoms with E-state index in [-0.39, 0.29) is 0 Å². The summed E-state index contributed by atoms with van der Waals surface area (Å²) >= 11 is 0. The van der Waals surface area contributed by atoms with Crippen LogP contribution in [0.25, 0.3) is 0 Å². The molecule has 0 aromatic heterocycles. The highest BCUT2D eigenvalue weighted by atomic mass is 16.5. The fourth-order valence-corrected chi connectivity index (χ4v) is 0.875. The van der Waals surface area contributed by atoms with Gasteiger partial charge in [0.2, 0.25) is 0 Å². The van der Waals surface area contributed by atoms with Crippen LogP contribution >= 0.6 is 0 Å². The second-order valence-electron chi connectivity index (χ2n) is 2.07. The molecule has 0 unspecified atom stereocenters. The molecule has 0 aliphatic heterocycles. The van der Waals surface area contributed by atoms with Crippen LogP contribution in [0.3, 0.4) is 0 Å². The summed E-state index contributed by atoms with van der Waals surface area (Å²) in [5, 5.41) is 0. The molecular formula is C6H11NO. The van der Waals surface area contributed by atoms with E-state index in [1.807, 2.05) is 6.08 Å². The van der Waals surface area contributed by atoms with Crippen molar-refractivity contribution in [2.45, 2.75) is 18.9 Å². The van der Waals surface area contributed by atoms with Gasteiger partial charge < -0.3 is 10.5 Å². The minimum absolute atomic E-state index is 0.310. The number of hydrogen-bond acceptors (Lipinski definition) is 2. The zero-order valence-corrected chi connectivity index (χ0v) is 5.05. The topological polar surface area (TPSA) is 35.2 Å². The molecule has 2 N–H and O–H groups in total. The molecule has 1 aliphatic rings.